The van der Waals surface area contributed by atoms with Crippen LogP contribution in [0.25, 0.3) is 0 Å². The Labute approximate surface area is 120 Å². The predicted molar refractivity (Wildman–Crippen MR) is 77.8 cm³/mol. The molecule has 0 bridgehead atoms. The maximum absolute atomic E-state index is 11.2. The van der Waals surface area contributed by atoms with Crippen LogP contribution in [0.2, 0.25) is 0 Å². The Kier molecular flexibility index (Phi) is 5.15. The molecule has 3 N–H and O–H groups in total. The van der Waals surface area contributed by atoms with Crippen LogP contribution in [0.3, 0.4) is 0 Å². The fourth-order valence-electron chi connectivity index (χ4n) is 2.38. The van der Waals surface area contributed by atoms with Crippen molar-refractivity contribution in [1.29, 1.82) is 0 Å². The second kappa shape index (κ2) is 6.67. The number of hydrogen-bond donors (Lipinski definition) is 2. The molecule has 5 nitrogen and oxygen atoms in total. The van der Waals surface area contributed by atoms with Crippen molar-refractivity contribution in [2.24, 2.45) is 11.1 Å². The number of rotatable bonds is 6. The first-order valence-corrected chi connectivity index (χ1v) is 8.45. The molecule has 2 atom stereocenters. The number of sulfonamides is 1. The summed E-state index contributed by atoms with van der Waals surface area (Å²) in [5, 5.41) is 8.53. The van der Waals surface area contributed by atoms with Crippen molar-refractivity contribution in [3.8, 4) is 0 Å². The maximum atomic E-state index is 11.2. The number of nitrogens with two attached hydrogens (primary N) is 1. The molecule has 0 saturated carbocycles. The molecule has 2 rings (SSSR count). The molecule has 0 spiro atoms. The highest BCUT2D eigenvalue weighted by Gasteiger charge is 2.15. The third-order valence-electron chi connectivity index (χ3n) is 3.74. The van der Waals surface area contributed by atoms with Gasteiger partial charge in [-0.25, -0.2) is 13.6 Å². The minimum absolute atomic E-state index is 0.150. The summed E-state index contributed by atoms with van der Waals surface area (Å²) in [6, 6.07) is 6.89. The largest absolute Gasteiger partial charge is 0.381 e. The molecule has 0 radical (unpaired) electrons. The van der Waals surface area contributed by atoms with E-state index in [1.54, 1.807) is 24.3 Å². The monoisotopic (exact) mass is 298 g/mol. The first-order valence-electron chi connectivity index (χ1n) is 6.90. The molecule has 2 unspecified atom stereocenters. The van der Waals surface area contributed by atoms with Gasteiger partial charge in [0.2, 0.25) is 10.0 Å². The molecule has 1 heterocycles. The number of hydrogen-bond acceptors (Lipinski definition) is 4. The van der Waals surface area contributed by atoms with Crippen LogP contribution in [0.15, 0.2) is 29.2 Å². The van der Waals surface area contributed by atoms with Crippen LogP contribution in [0.1, 0.15) is 31.4 Å². The van der Waals surface area contributed by atoms with E-state index in [0.717, 1.165) is 38.2 Å². The van der Waals surface area contributed by atoms with Gasteiger partial charge in [0.25, 0.3) is 0 Å². The summed E-state index contributed by atoms with van der Waals surface area (Å²) in [4.78, 5) is 0.150. The first-order chi connectivity index (χ1) is 9.47. The lowest BCUT2D eigenvalue weighted by molar-refractivity contribution is 0.184. The number of benzene rings is 1. The smallest absolute Gasteiger partial charge is 0.238 e. The fourth-order valence-corrected chi connectivity index (χ4v) is 2.89. The third-order valence-corrected chi connectivity index (χ3v) is 4.66. The Hall–Kier alpha value is -0.950. The molecule has 112 valence electrons. The van der Waals surface area contributed by atoms with E-state index in [0.29, 0.717) is 5.92 Å². The van der Waals surface area contributed by atoms with E-state index < -0.39 is 10.0 Å². The van der Waals surface area contributed by atoms with Gasteiger partial charge in [0.1, 0.15) is 0 Å². The van der Waals surface area contributed by atoms with Crippen LogP contribution in [0.5, 0.6) is 0 Å². The van der Waals surface area contributed by atoms with Gasteiger partial charge >= 0.3 is 0 Å². The molecule has 0 amide bonds. The molecule has 1 aliphatic heterocycles. The Balaban J connectivity index is 1.84. The van der Waals surface area contributed by atoms with Gasteiger partial charge in [0, 0.05) is 19.3 Å². The van der Waals surface area contributed by atoms with Crippen molar-refractivity contribution >= 4 is 10.0 Å². The summed E-state index contributed by atoms with van der Waals surface area (Å²) in [5.74, 6) is 0.666. The highest BCUT2D eigenvalue weighted by molar-refractivity contribution is 7.89. The molecule has 20 heavy (non-hydrogen) atoms. The highest BCUT2D eigenvalue weighted by atomic mass is 32.2. The molecule has 1 aromatic rings. The van der Waals surface area contributed by atoms with Gasteiger partial charge in [-0.1, -0.05) is 12.1 Å². The highest BCUT2D eigenvalue weighted by Crippen LogP contribution is 2.18. The number of primary sulfonamides is 1. The van der Waals surface area contributed by atoms with Gasteiger partial charge < -0.3 is 10.1 Å². The third kappa shape index (κ3) is 4.28. The molecule has 1 aromatic carbocycles. The van der Waals surface area contributed by atoms with Crippen LogP contribution in [0.4, 0.5) is 0 Å². The summed E-state index contributed by atoms with van der Waals surface area (Å²) in [7, 11) is -3.61. The number of nitrogens with one attached hydrogen (secondary N) is 1. The lowest BCUT2D eigenvalue weighted by Crippen LogP contribution is -2.22. The number of ether oxygens (including phenoxy) is 1. The zero-order valence-electron chi connectivity index (χ0n) is 11.7. The van der Waals surface area contributed by atoms with E-state index in [1.165, 1.54) is 0 Å². The van der Waals surface area contributed by atoms with Crippen molar-refractivity contribution in [3.63, 3.8) is 0 Å². The zero-order chi connectivity index (χ0) is 14.6. The normalized spacial score (nSPS) is 21.0. The fraction of sp³-hybridized carbons (Fsp3) is 0.571. The van der Waals surface area contributed by atoms with Gasteiger partial charge in [0.05, 0.1) is 4.90 Å². The van der Waals surface area contributed by atoms with Crippen molar-refractivity contribution in [3.05, 3.63) is 29.8 Å². The van der Waals surface area contributed by atoms with E-state index in [9.17, 15) is 8.42 Å². The molecule has 6 heteroatoms. The average molecular weight is 298 g/mol. The lowest BCUT2D eigenvalue weighted by atomic mass is 10.0. The van der Waals surface area contributed by atoms with Crippen molar-refractivity contribution < 1.29 is 13.2 Å². The molecular weight excluding hydrogens is 276 g/mol. The summed E-state index contributed by atoms with van der Waals surface area (Å²) < 4.78 is 27.7. The molecular formula is C14H22N2O3S. The van der Waals surface area contributed by atoms with Crippen LogP contribution >= 0.6 is 0 Å². The van der Waals surface area contributed by atoms with Gasteiger partial charge in [0.15, 0.2) is 0 Å². The minimum atomic E-state index is -3.61. The summed E-state index contributed by atoms with van der Waals surface area (Å²) in [5.41, 5.74) is 1.06. The molecule has 1 aliphatic rings. The topological polar surface area (TPSA) is 81.4 Å². The van der Waals surface area contributed by atoms with Gasteiger partial charge in [-0.3, -0.25) is 0 Å². The van der Waals surface area contributed by atoms with Crippen LogP contribution in [-0.2, 0) is 14.8 Å². The molecule has 0 aromatic heterocycles. The van der Waals surface area contributed by atoms with Gasteiger partial charge in [-0.05, 0) is 49.9 Å². The van der Waals surface area contributed by atoms with Crippen molar-refractivity contribution in [1.82, 2.24) is 5.32 Å². The quantitative estimate of drug-likeness (QED) is 0.832. The first kappa shape index (κ1) is 15.4. The van der Waals surface area contributed by atoms with Crippen molar-refractivity contribution in [2.45, 2.75) is 30.7 Å². The van der Waals surface area contributed by atoms with E-state index in [4.69, 9.17) is 9.88 Å². The second-order valence-corrected chi connectivity index (χ2v) is 6.87. The van der Waals surface area contributed by atoms with Gasteiger partial charge in [-0.15, -0.1) is 0 Å². The summed E-state index contributed by atoms with van der Waals surface area (Å²) in [6.45, 7) is 4.76. The second-order valence-electron chi connectivity index (χ2n) is 5.31. The van der Waals surface area contributed by atoms with Crippen LogP contribution < -0.4 is 10.5 Å². The molecule has 1 fully saturated rings. The zero-order valence-corrected chi connectivity index (χ0v) is 12.5. The molecule has 0 aliphatic carbocycles. The van der Waals surface area contributed by atoms with E-state index in [2.05, 4.69) is 12.2 Å². The summed E-state index contributed by atoms with van der Waals surface area (Å²) in [6.07, 6.45) is 2.26. The summed E-state index contributed by atoms with van der Waals surface area (Å²) >= 11 is 0. The van der Waals surface area contributed by atoms with Crippen molar-refractivity contribution in [2.75, 3.05) is 19.8 Å². The minimum Gasteiger partial charge on any atom is -0.381 e. The average Bonchev–Trinajstić information content (AvgIpc) is 2.91. The van der Waals surface area contributed by atoms with E-state index in [1.807, 2.05) is 0 Å². The van der Waals surface area contributed by atoms with E-state index >= 15 is 0 Å². The Bertz CT molecular complexity index is 522. The Morgan fingerprint density at radius 3 is 2.65 bits per heavy atom. The van der Waals surface area contributed by atoms with Crippen LogP contribution in [0, 0.1) is 5.92 Å². The maximum Gasteiger partial charge on any atom is 0.238 e. The predicted octanol–water partition coefficient (Wildman–Crippen LogP) is 1.41. The molecule has 1 saturated heterocycles. The van der Waals surface area contributed by atoms with Crippen LogP contribution in [-0.4, -0.2) is 28.2 Å². The Morgan fingerprint density at radius 1 is 1.40 bits per heavy atom. The standard InChI is InChI=1S/C14H22N2O3S/c1-11(16-8-6-12-7-9-19-10-12)13-2-4-14(5-3-13)20(15,17)18/h2-5,11-12,16H,6-10H2,1H3,(H2,15,17,18). The Morgan fingerprint density at radius 2 is 2.10 bits per heavy atom. The van der Waals surface area contributed by atoms with E-state index in [-0.39, 0.29) is 10.9 Å². The van der Waals surface area contributed by atoms with Gasteiger partial charge in [-0.2, -0.15) is 0 Å². The lowest BCUT2D eigenvalue weighted by Gasteiger charge is -2.16. The SMILES string of the molecule is CC(NCCC1CCOC1)c1ccc(S(N)(=O)=O)cc1.